The average molecular weight is 456 g/mol. The average Bonchev–Trinajstić information content (AvgIpc) is 2.52. The number of hydrogen-bond acceptors (Lipinski definition) is 3. The van der Waals surface area contributed by atoms with Gasteiger partial charge in [-0.25, -0.2) is 0 Å². The van der Waals surface area contributed by atoms with E-state index in [-0.39, 0.29) is 0 Å². The molecular formula is C12H19AlF10O3Si. The zero-order valence-electron chi connectivity index (χ0n) is 14.6. The SMILES string of the molecule is CC[Si](CC)(CC)[O][Al]([O]CC(F)(F)C(F)(F)F)[O]CC(F)(F)C(F)(F)F. The standard InChI is InChI=1S/C6H15OSi.2C3H2F5O.Al/c1-4-8(7,5-2)6-3;2*4-2(5,1-9)3(6,7)8;/h4-6H2,1-3H3;2*1H2;/q3*-1;+3. The molecule has 27 heavy (non-hydrogen) atoms. The molecule has 0 saturated heterocycles. The Bertz CT molecular complexity index is 415. The predicted octanol–water partition coefficient (Wildman–Crippen LogP) is 5.42. The topological polar surface area (TPSA) is 27.7 Å². The highest BCUT2D eigenvalue weighted by Crippen LogP contribution is 2.37. The van der Waals surface area contributed by atoms with Gasteiger partial charge in [-0.1, -0.05) is 20.8 Å². The molecule has 0 aliphatic heterocycles. The van der Waals surface area contributed by atoms with Crippen molar-refractivity contribution in [3.8, 4) is 0 Å². The lowest BCUT2D eigenvalue weighted by Gasteiger charge is -2.32. The Kier molecular flexibility index (Phi) is 9.59. The summed E-state index contributed by atoms with van der Waals surface area (Å²) in [6.45, 7) is 0.233. The Balaban J connectivity index is 5.34. The third kappa shape index (κ3) is 7.69. The molecule has 0 fully saturated rings. The molecule has 0 aliphatic carbocycles. The van der Waals surface area contributed by atoms with Crippen LogP contribution in [0.25, 0.3) is 0 Å². The summed E-state index contributed by atoms with van der Waals surface area (Å²) in [5.41, 5.74) is 0. The molecule has 0 aliphatic rings. The second-order valence-electron chi connectivity index (χ2n) is 5.68. The molecule has 0 heterocycles. The lowest BCUT2D eigenvalue weighted by Crippen LogP contribution is -2.50. The highest BCUT2D eigenvalue weighted by Gasteiger charge is 2.61. The first kappa shape index (κ1) is 26.9. The fourth-order valence-electron chi connectivity index (χ4n) is 1.83. The highest BCUT2D eigenvalue weighted by atomic mass is 28.4. The number of alkyl halides is 10. The molecule has 0 radical (unpaired) electrons. The first-order valence-electron chi connectivity index (χ1n) is 7.77. The summed E-state index contributed by atoms with van der Waals surface area (Å²) in [6.07, 6.45) is -12.0. The van der Waals surface area contributed by atoms with Crippen molar-refractivity contribution in [3.05, 3.63) is 0 Å². The minimum Gasteiger partial charge on any atom is -0.498 e. The third-order valence-electron chi connectivity index (χ3n) is 3.91. The van der Waals surface area contributed by atoms with E-state index in [0.717, 1.165) is 0 Å². The van der Waals surface area contributed by atoms with Crippen LogP contribution in [0, 0.1) is 0 Å². The van der Waals surface area contributed by atoms with Crippen LogP contribution >= 0.6 is 0 Å². The van der Waals surface area contributed by atoms with Gasteiger partial charge in [-0.05, 0) is 18.1 Å². The van der Waals surface area contributed by atoms with Crippen molar-refractivity contribution in [2.45, 2.75) is 63.1 Å². The van der Waals surface area contributed by atoms with Gasteiger partial charge in [0.25, 0.3) is 0 Å². The van der Waals surface area contributed by atoms with Crippen LogP contribution in [0.1, 0.15) is 20.8 Å². The summed E-state index contributed by atoms with van der Waals surface area (Å²) in [5, 5.41) is 0. The minimum absolute atomic E-state index is 0.307. The number of halogens is 10. The van der Waals surface area contributed by atoms with Crippen molar-refractivity contribution < 1.29 is 55.0 Å². The zero-order chi connectivity index (χ0) is 21.7. The van der Waals surface area contributed by atoms with Crippen LogP contribution in [0.3, 0.4) is 0 Å². The van der Waals surface area contributed by atoms with E-state index in [1.807, 2.05) is 0 Å². The molecule has 3 nitrogen and oxygen atoms in total. The van der Waals surface area contributed by atoms with E-state index in [2.05, 4.69) is 7.58 Å². The van der Waals surface area contributed by atoms with Crippen LogP contribution < -0.4 is 0 Å². The zero-order valence-corrected chi connectivity index (χ0v) is 16.8. The molecule has 0 N–H and O–H groups in total. The van der Waals surface area contributed by atoms with E-state index in [1.54, 1.807) is 20.8 Å². The molecule has 162 valence electrons. The van der Waals surface area contributed by atoms with Crippen LogP contribution in [0.15, 0.2) is 0 Å². The Morgan fingerprint density at radius 2 is 0.926 bits per heavy atom. The summed E-state index contributed by atoms with van der Waals surface area (Å²) < 4.78 is 139. The summed E-state index contributed by atoms with van der Waals surface area (Å²) in [5.74, 6) is -10.7. The Hall–Kier alpha value is -0.0706. The summed E-state index contributed by atoms with van der Waals surface area (Å²) >= 11 is -4.15. The first-order chi connectivity index (χ1) is 12.0. The minimum atomic E-state index is -5.99. The number of hydrogen-bond donors (Lipinski definition) is 0. The van der Waals surface area contributed by atoms with Crippen LogP contribution in [-0.2, 0) is 11.1 Å². The van der Waals surface area contributed by atoms with E-state index in [4.69, 9.17) is 3.48 Å². The predicted molar refractivity (Wildman–Crippen MR) is 77.9 cm³/mol. The van der Waals surface area contributed by atoms with E-state index >= 15 is 0 Å². The molecule has 0 aromatic heterocycles. The maximum atomic E-state index is 13.0. The smallest absolute Gasteiger partial charge is 0.498 e. The van der Waals surface area contributed by atoms with Gasteiger partial charge >= 0.3 is 39.3 Å². The molecule has 0 aromatic rings. The summed E-state index contributed by atoms with van der Waals surface area (Å²) in [6, 6.07) is 0.921. The second kappa shape index (κ2) is 9.62. The molecule has 0 unspecified atom stereocenters. The summed E-state index contributed by atoms with van der Waals surface area (Å²) in [4.78, 5) is 0. The molecule has 0 rings (SSSR count). The van der Waals surface area contributed by atoms with Crippen molar-refractivity contribution in [1.82, 2.24) is 0 Å². The van der Waals surface area contributed by atoms with Gasteiger partial charge in [0.15, 0.2) is 8.32 Å². The second-order valence-corrected chi connectivity index (χ2v) is 12.4. The monoisotopic (exact) mass is 456 g/mol. The van der Waals surface area contributed by atoms with Gasteiger partial charge in [0.05, 0.1) is 13.2 Å². The Morgan fingerprint density at radius 3 is 1.15 bits per heavy atom. The van der Waals surface area contributed by atoms with E-state index in [1.165, 1.54) is 0 Å². The lowest BCUT2D eigenvalue weighted by molar-refractivity contribution is -0.296. The largest absolute Gasteiger partial charge is 0.894 e. The quantitative estimate of drug-likeness (QED) is 0.307. The van der Waals surface area contributed by atoms with Gasteiger partial charge in [0.2, 0.25) is 0 Å². The lowest BCUT2D eigenvalue weighted by atomic mass is 10.3. The van der Waals surface area contributed by atoms with Crippen molar-refractivity contribution >= 4 is 23.5 Å². The molecule has 0 spiro atoms. The van der Waals surface area contributed by atoms with E-state index < -0.39 is 60.9 Å². The molecule has 0 bridgehead atoms. The maximum Gasteiger partial charge on any atom is 0.894 e. The van der Waals surface area contributed by atoms with Crippen LogP contribution in [0.5, 0.6) is 0 Å². The van der Waals surface area contributed by atoms with Crippen molar-refractivity contribution in [2.24, 2.45) is 0 Å². The molecule has 0 atom stereocenters. The van der Waals surface area contributed by atoms with Gasteiger partial charge in [0.1, 0.15) is 0 Å². The van der Waals surface area contributed by atoms with Crippen molar-refractivity contribution in [2.75, 3.05) is 13.2 Å². The fraction of sp³-hybridized carbons (Fsp3) is 1.00. The Labute approximate surface area is 155 Å². The van der Waals surface area contributed by atoms with Crippen LogP contribution in [0.2, 0.25) is 18.1 Å². The van der Waals surface area contributed by atoms with E-state index in [0.29, 0.717) is 18.1 Å². The molecule has 0 saturated carbocycles. The molecule has 15 heteroatoms. The van der Waals surface area contributed by atoms with Gasteiger partial charge in [-0.15, -0.1) is 0 Å². The van der Waals surface area contributed by atoms with Gasteiger partial charge in [-0.2, -0.15) is 43.9 Å². The van der Waals surface area contributed by atoms with E-state index in [9.17, 15) is 43.9 Å². The van der Waals surface area contributed by atoms with Gasteiger partial charge in [-0.3, -0.25) is 0 Å². The van der Waals surface area contributed by atoms with Crippen LogP contribution in [0.4, 0.5) is 43.9 Å². The van der Waals surface area contributed by atoms with Crippen molar-refractivity contribution in [1.29, 1.82) is 0 Å². The maximum absolute atomic E-state index is 13.0. The Morgan fingerprint density at radius 1 is 0.630 bits per heavy atom. The highest BCUT2D eigenvalue weighted by molar-refractivity contribution is 6.78. The third-order valence-corrected chi connectivity index (χ3v) is 11.4. The first-order valence-corrected chi connectivity index (χ1v) is 11.7. The normalized spacial score (nSPS) is 14.6. The molecule has 0 aromatic carbocycles. The fourth-order valence-corrected chi connectivity index (χ4v) is 8.29. The molecule has 0 amide bonds. The van der Waals surface area contributed by atoms with Crippen molar-refractivity contribution in [3.63, 3.8) is 0 Å². The van der Waals surface area contributed by atoms with Gasteiger partial charge < -0.3 is 11.1 Å². The number of rotatable bonds is 11. The summed E-state index contributed by atoms with van der Waals surface area (Å²) in [7, 11) is -2.81. The van der Waals surface area contributed by atoms with Crippen LogP contribution in [-0.4, -0.2) is 60.9 Å². The van der Waals surface area contributed by atoms with Gasteiger partial charge in [0, 0.05) is 0 Å². The molecular weight excluding hydrogens is 437 g/mol.